The summed E-state index contributed by atoms with van der Waals surface area (Å²) in [5.74, 6) is 0.974. The standard InChI is InChI=1S/C20H26N4O/c1-12(2)11-24-18-15(17(23-24)22-19(25)20(4,5)6)10-14-8-7-13(3)9-16(14)21-18/h7-10,12H,11H2,1-6H3,(H,22,23,25). The first kappa shape index (κ1) is 17.4. The van der Waals surface area contributed by atoms with Gasteiger partial charge in [0.2, 0.25) is 5.91 Å². The van der Waals surface area contributed by atoms with Gasteiger partial charge in [0, 0.05) is 17.3 Å². The molecule has 3 aromatic rings. The van der Waals surface area contributed by atoms with Crippen molar-refractivity contribution in [1.82, 2.24) is 14.8 Å². The number of carbonyl (C=O) groups excluding carboxylic acids is 1. The molecule has 3 rings (SSSR count). The van der Waals surface area contributed by atoms with Crippen LogP contribution >= 0.6 is 0 Å². The molecule has 0 radical (unpaired) electrons. The first-order valence-electron chi connectivity index (χ1n) is 8.74. The summed E-state index contributed by atoms with van der Waals surface area (Å²) in [4.78, 5) is 17.3. The van der Waals surface area contributed by atoms with Crippen molar-refractivity contribution in [1.29, 1.82) is 0 Å². The molecule has 0 saturated heterocycles. The number of benzene rings is 1. The molecule has 1 amide bonds. The van der Waals surface area contributed by atoms with Gasteiger partial charge in [-0.05, 0) is 30.5 Å². The molecular weight excluding hydrogens is 312 g/mol. The Kier molecular flexibility index (Phi) is 4.27. The number of nitrogens with zero attached hydrogens (tertiary/aromatic N) is 3. The highest BCUT2D eigenvalue weighted by atomic mass is 16.2. The number of hydrogen-bond donors (Lipinski definition) is 1. The minimum absolute atomic E-state index is 0.0485. The highest BCUT2D eigenvalue weighted by Crippen LogP contribution is 2.28. The van der Waals surface area contributed by atoms with Crippen molar-refractivity contribution < 1.29 is 4.79 Å². The zero-order chi connectivity index (χ0) is 18.4. The third-order valence-electron chi connectivity index (χ3n) is 4.12. The van der Waals surface area contributed by atoms with Crippen LogP contribution < -0.4 is 5.32 Å². The van der Waals surface area contributed by atoms with E-state index in [4.69, 9.17) is 4.98 Å². The summed E-state index contributed by atoms with van der Waals surface area (Å²) >= 11 is 0. The number of carbonyl (C=O) groups is 1. The Bertz CT molecular complexity index is 948. The predicted molar refractivity (Wildman–Crippen MR) is 103 cm³/mol. The van der Waals surface area contributed by atoms with Crippen molar-refractivity contribution in [3.8, 4) is 0 Å². The van der Waals surface area contributed by atoms with E-state index in [0.717, 1.165) is 28.5 Å². The van der Waals surface area contributed by atoms with Crippen molar-refractivity contribution in [2.24, 2.45) is 11.3 Å². The molecule has 1 N–H and O–H groups in total. The lowest BCUT2D eigenvalue weighted by Crippen LogP contribution is -2.28. The molecule has 0 spiro atoms. The van der Waals surface area contributed by atoms with Crippen LogP contribution in [0.5, 0.6) is 0 Å². The summed E-state index contributed by atoms with van der Waals surface area (Å²) in [6.07, 6.45) is 0. The largest absolute Gasteiger partial charge is 0.308 e. The topological polar surface area (TPSA) is 59.8 Å². The van der Waals surface area contributed by atoms with E-state index in [1.165, 1.54) is 5.56 Å². The van der Waals surface area contributed by atoms with Crippen LogP contribution in [0.15, 0.2) is 24.3 Å². The fourth-order valence-corrected chi connectivity index (χ4v) is 2.72. The van der Waals surface area contributed by atoms with Gasteiger partial charge < -0.3 is 5.32 Å². The number of fused-ring (bicyclic) bond motifs is 2. The lowest BCUT2D eigenvalue weighted by atomic mass is 9.96. The van der Waals surface area contributed by atoms with Crippen LogP contribution in [0.2, 0.25) is 0 Å². The van der Waals surface area contributed by atoms with Gasteiger partial charge in [0.05, 0.1) is 10.9 Å². The van der Waals surface area contributed by atoms with E-state index < -0.39 is 5.41 Å². The Hall–Kier alpha value is -2.43. The smallest absolute Gasteiger partial charge is 0.230 e. The average molecular weight is 338 g/mol. The van der Waals surface area contributed by atoms with E-state index >= 15 is 0 Å². The second kappa shape index (κ2) is 6.14. The molecule has 5 nitrogen and oxygen atoms in total. The zero-order valence-electron chi connectivity index (χ0n) is 15.8. The number of aryl methyl sites for hydroxylation is 1. The molecule has 1 aromatic carbocycles. The molecule has 5 heteroatoms. The predicted octanol–water partition coefficient (Wildman–Crippen LogP) is 4.53. The van der Waals surface area contributed by atoms with Crippen LogP contribution in [0.4, 0.5) is 5.82 Å². The van der Waals surface area contributed by atoms with Crippen LogP contribution in [0, 0.1) is 18.3 Å². The van der Waals surface area contributed by atoms with Gasteiger partial charge in [-0.2, -0.15) is 5.10 Å². The van der Waals surface area contributed by atoms with Crippen molar-refractivity contribution in [3.63, 3.8) is 0 Å². The van der Waals surface area contributed by atoms with Crippen molar-refractivity contribution in [3.05, 3.63) is 29.8 Å². The summed E-state index contributed by atoms with van der Waals surface area (Å²) in [7, 11) is 0. The monoisotopic (exact) mass is 338 g/mol. The highest BCUT2D eigenvalue weighted by Gasteiger charge is 2.24. The van der Waals surface area contributed by atoms with E-state index in [-0.39, 0.29) is 5.91 Å². The average Bonchev–Trinajstić information content (AvgIpc) is 2.80. The first-order valence-corrected chi connectivity index (χ1v) is 8.74. The Morgan fingerprint density at radius 1 is 1.24 bits per heavy atom. The van der Waals surface area contributed by atoms with Crippen LogP contribution in [-0.4, -0.2) is 20.7 Å². The van der Waals surface area contributed by atoms with Gasteiger partial charge in [-0.1, -0.05) is 46.8 Å². The van der Waals surface area contributed by atoms with E-state index in [2.05, 4.69) is 55.5 Å². The molecule has 0 aliphatic rings. The third-order valence-corrected chi connectivity index (χ3v) is 4.12. The fraction of sp³-hybridized carbons (Fsp3) is 0.450. The fourth-order valence-electron chi connectivity index (χ4n) is 2.72. The second-order valence-corrected chi connectivity index (χ2v) is 8.18. The maximum atomic E-state index is 12.4. The van der Waals surface area contributed by atoms with E-state index in [1.807, 2.05) is 25.5 Å². The maximum Gasteiger partial charge on any atom is 0.230 e. The summed E-state index contributed by atoms with van der Waals surface area (Å²) in [6.45, 7) is 12.8. The first-order chi connectivity index (χ1) is 11.6. The molecule has 2 aromatic heterocycles. The Morgan fingerprint density at radius 2 is 1.96 bits per heavy atom. The quantitative estimate of drug-likeness (QED) is 0.763. The van der Waals surface area contributed by atoms with E-state index in [1.54, 1.807) is 0 Å². The molecule has 0 aliphatic carbocycles. The summed E-state index contributed by atoms with van der Waals surface area (Å²) in [6, 6.07) is 8.28. The molecular formula is C20H26N4O. The molecule has 0 aliphatic heterocycles. The normalized spacial score (nSPS) is 12.3. The molecule has 132 valence electrons. The molecule has 25 heavy (non-hydrogen) atoms. The van der Waals surface area contributed by atoms with Crippen molar-refractivity contribution in [2.45, 2.75) is 48.1 Å². The summed E-state index contributed by atoms with van der Waals surface area (Å²) in [5, 5.41) is 9.57. The number of amides is 1. The van der Waals surface area contributed by atoms with Gasteiger partial charge in [-0.25, -0.2) is 9.67 Å². The van der Waals surface area contributed by atoms with E-state index in [9.17, 15) is 4.79 Å². The molecule has 0 unspecified atom stereocenters. The molecule has 0 bridgehead atoms. The highest BCUT2D eigenvalue weighted by molar-refractivity contribution is 6.03. The minimum Gasteiger partial charge on any atom is -0.308 e. The summed E-state index contributed by atoms with van der Waals surface area (Å²) < 4.78 is 1.90. The van der Waals surface area contributed by atoms with Crippen LogP contribution in [0.1, 0.15) is 40.2 Å². The van der Waals surface area contributed by atoms with Crippen LogP contribution in [0.3, 0.4) is 0 Å². The number of aromatic nitrogens is 3. The SMILES string of the molecule is Cc1ccc2cc3c(NC(=O)C(C)(C)C)nn(CC(C)C)c3nc2c1. The zero-order valence-corrected chi connectivity index (χ0v) is 15.8. The molecule has 0 saturated carbocycles. The molecule has 0 atom stereocenters. The van der Waals surface area contributed by atoms with Gasteiger partial charge in [0.25, 0.3) is 0 Å². The molecule has 2 heterocycles. The van der Waals surface area contributed by atoms with Crippen LogP contribution in [0.25, 0.3) is 21.9 Å². The number of anilines is 1. The number of hydrogen-bond acceptors (Lipinski definition) is 3. The number of nitrogens with one attached hydrogen (secondary N) is 1. The number of pyridine rings is 1. The Morgan fingerprint density at radius 3 is 2.60 bits per heavy atom. The van der Waals surface area contributed by atoms with Gasteiger partial charge >= 0.3 is 0 Å². The number of rotatable bonds is 3. The van der Waals surface area contributed by atoms with Gasteiger partial charge in [-0.15, -0.1) is 0 Å². The van der Waals surface area contributed by atoms with E-state index in [0.29, 0.717) is 11.7 Å². The Balaban J connectivity index is 2.19. The van der Waals surface area contributed by atoms with Crippen LogP contribution in [-0.2, 0) is 11.3 Å². The van der Waals surface area contributed by atoms with Gasteiger partial charge in [0.15, 0.2) is 11.5 Å². The molecule has 0 fully saturated rings. The van der Waals surface area contributed by atoms with Crippen molar-refractivity contribution in [2.75, 3.05) is 5.32 Å². The van der Waals surface area contributed by atoms with Crippen molar-refractivity contribution >= 4 is 33.7 Å². The van der Waals surface area contributed by atoms with Gasteiger partial charge in [-0.3, -0.25) is 4.79 Å². The maximum absolute atomic E-state index is 12.4. The van der Waals surface area contributed by atoms with Gasteiger partial charge in [0.1, 0.15) is 0 Å². The lowest BCUT2D eigenvalue weighted by molar-refractivity contribution is -0.123. The second-order valence-electron chi connectivity index (χ2n) is 8.18. The lowest BCUT2D eigenvalue weighted by Gasteiger charge is -2.16. The minimum atomic E-state index is -0.477. The Labute approximate surface area is 148 Å². The third kappa shape index (κ3) is 3.50. The summed E-state index contributed by atoms with van der Waals surface area (Å²) in [5.41, 5.74) is 2.47.